The van der Waals surface area contributed by atoms with Gasteiger partial charge in [-0.3, -0.25) is 38.5 Å². The van der Waals surface area contributed by atoms with Crippen LogP contribution in [0.4, 0.5) is 0 Å². The van der Waals surface area contributed by atoms with Gasteiger partial charge in [-0.25, -0.2) is 0 Å². The largest absolute Gasteiger partial charge is 0.390 e. The zero-order chi connectivity index (χ0) is 40.7. The second-order valence-corrected chi connectivity index (χ2v) is 15.1. The number of nitrogens with two attached hydrogens (primary N) is 2. The summed E-state index contributed by atoms with van der Waals surface area (Å²) in [6, 6.07) is 3.26. The molecule has 16 nitrogen and oxygen atoms in total. The number of carbonyl (C=O) groups is 7. The van der Waals surface area contributed by atoms with E-state index in [1.54, 1.807) is 18.7 Å². The molecule has 7 amide bonds. The third-order valence-corrected chi connectivity index (χ3v) is 9.68. The monoisotopic (exact) mass is 758 g/mol. The Morgan fingerprint density at radius 1 is 0.833 bits per heavy atom. The Labute approximate surface area is 318 Å². The Kier molecular flexibility index (Phi) is 18.5. The maximum atomic E-state index is 13.8. The first-order valence-corrected chi connectivity index (χ1v) is 18.9. The van der Waals surface area contributed by atoms with Gasteiger partial charge in [-0.1, -0.05) is 78.3 Å². The van der Waals surface area contributed by atoms with Crippen LogP contribution in [0.2, 0.25) is 0 Å². The summed E-state index contributed by atoms with van der Waals surface area (Å²) in [6.07, 6.45) is 0.356. The quantitative estimate of drug-likeness (QED) is 0.0765. The van der Waals surface area contributed by atoms with Crippen LogP contribution in [0.15, 0.2) is 30.3 Å². The summed E-state index contributed by atoms with van der Waals surface area (Å²) >= 11 is 0. The van der Waals surface area contributed by atoms with Crippen LogP contribution in [0.3, 0.4) is 0 Å². The maximum absolute atomic E-state index is 13.8. The van der Waals surface area contributed by atoms with Gasteiger partial charge >= 0.3 is 0 Å². The molecule has 2 rings (SSSR count). The number of aliphatic hydroxyl groups excluding tert-OH is 1. The Hall–Kier alpha value is -4.57. The van der Waals surface area contributed by atoms with E-state index in [4.69, 9.17) is 11.5 Å². The molecule has 54 heavy (non-hydrogen) atoms. The van der Waals surface area contributed by atoms with E-state index in [-0.39, 0.29) is 37.1 Å². The number of carbonyl (C=O) groups excluding carboxylic acids is 7. The van der Waals surface area contributed by atoms with Crippen LogP contribution in [-0.4, -0.2) is 107 Å². The van der Waals surface area contributed by atoms with Crippen molar-refractivity contribution >= 4 is 41.4 Å². The van der Waals surface area contributed by atoms with Crippen LogP contribution in [-0.2, 0) is 40.0 Å². The zero-order valence-corrected chi connectivity index (χ0v) is 32.7. The van der Waals surface area contributed by atoms with Crippen molar-refractivity contribution in [1.29, 1.82) is 0 Å². The summed E-state index contributed by atoms with van der Waals surface area (Å²) in [5.74, 6) is -4.82. The van der Waals surface area contributed by atoms with E-state index in [0.29, 0.717) is 25.8 Å². The van der Waals surface area contributed by atoms with Crippen LogP contribution in [0.25, 0.3) is 0 Å². The highest BCUT2D eigenvalue weighted by atomic mass is 16.3. The molecule has 8 atom stereocenters. The number of rotatable bonds is 22. The van der Waals surface area contributed by atoms with Crippen LogP contribution in [0.1, 0.15) is 86.1 Å². The Morgan fingerprint density at radius 3 is 2.00 bits per heavy atom. The number of aliphatic hydroxyl groups is 1. The third-order valence-electron chi connectivity index (χ3n) is 9.68. The molecular formula is C38H62N8O8. The molecule has 1 saturated heterocycles. The van der Waals surface area contributed by atoms with Crippen molar-refractivity contribution in [2.24, 2.45) is 29.2 Å². The number of hydrogen-bond donors (Lipinski definition) is 8. The molecule has 10 N–H and O–H groups in total. The van der Waals surface area contributed by atoms with Gasteiger partial charge in [0, 0.05) is 13.5 Å². The van der Waals surface area contributed by atoms with Gasteiger partial charge in [0.05, 0.1) is 24.6 Å². The second-order valence-electron chi connectivity index (χ2n) is 15.1. The van der Waals surface area contributed by atoms with Crippen molar-refractivity contribution in [3.8, 4) is 0 Å². The van der Waals surface area contributed by atoms with E-state index < -0.39 is 90.1 Å². The van der Waals surface area contributed by atoms with E-state index in [1.807, 2.05) is 58.0 Å². The van der Waals surface area contributed by atoms with E-state index >= 15 is 0 Å². The number of nitrogens with one attached hydrogen (secondary N) is 5. The molecule has 302 valence electrons. The minimum Gasteiger partial charge on any atom is -0.390 e. The number of primary amides is 2. The number of benzene rings is 1. The van der Waals surface area contributed by atoms with Gasteiger partial charge in [-0.2, -0.15) is 0 Å². The number of amides is 7. The van der Waals surface area contributed by atoms with Gasteiger partial charge in [0.15, 0.2) is 0 Å². The Balaban J connectivity index is 2.30. The van der Waals surface area contributed by atoms with Gasteiger partial charge in [-0.15, -0.1) is 0 Å². The van der Waals surface area contributed by atoms with Crippen molar-refractivity contribution < 1.29 is 38.7 Å². The highest BCUT2D eigenvalue weighted by Crippen LogP contribution is 2.21. The highest BCUT2D eigenvalue weighted by Gasteiger charge is 2.38. The standard InChI is InChI=1S/C38H62N8O8/c1-8-23(6)33(38(54)44-32(22(4)5)34(40)50)45-37(53)29-15-12-16-46(29)20-30(48)26(18-25-13-10-9-11-14-25)42-36(52)28(19-31(39)49)43-35(51)27(17-21(2)3)41-24(7)47/h9-11,13-14,21-23,26-30,32-33,48H,8,12,15-20H2,1-7H3,(H2,39,49)(H2,40,50)(H,41,47)(H,42,52)(H,43,51)(H,44,54)(H,45,53)/t23-,26-,27-,28-,29-,30-,32-,33-/m0/s1. The molecule has 16 heteroatoms. The van der Waals surface area contributed by atoms with E-state index in [0.717, 1.165) is 5.56 Å². The fraction of sp³-hybridized carbons (Fsp3) is 0.658. The maximum Gasteiger partial charge on any atom is 0.243 e. The lowest BCUT2D eigenvalue weighted by molar-refractivity contribution is -0.135. The lowest BCUT2D eigenvalue weighted by Gasteiger charge is -2.33. The summed E-state index contributed by atoms with van der Waals surface area (Å²) in [7, 11) is 0. The topological polar surface area (TPSA) is 255 Å². The molecule has 0 radical (unpaired) electrons. The third kappa shape index (κ3) is 14.7. The summed E-state index contributed by atoms with van der Waals surface area (Å²) in [5.41, 5.74) is 11.8. The first-order valence-electron chi connectivity index (χ1n) is 18.9. The Morgan fingerprint density at radius 2 is 1.46 bits per heavy atom. The number of β-amino-alcohol motifs (C(OH)–C–C–N with tert-alkyl or cyclic N) is 1. The summed E-state index contributed by atoms with van der Waals surface area (Å²) in [4.78, 5) is 91.8. The molecule has 1 fully saturated rings. The van der Waals surface area contributed by atoms with Crippen molar-refractivity contribution in [3.63, 3.8) is 0 Å². The van der Waals surface area contributed by atoms with Crippen molar-refractivity contribution in [3.05, 3.63) is 35.9 Å². The summed E-state index contributed by atoms with van der Waals surface area (Å²) in [6.45, 7) is 12.7. The molecule has 1 aliphatic heterocycles. The minimum atomic E-state index is -1.40. The number of nitrogens with zero attached hydrogens (tertiary/aromatic N) is 1. The fourth-order valence-electron chi connectivity index (χ4n) is 6.54. The van der Waals surface area contributed by atoms with Crippen LogP contribution in [0, 0.1) is 17.8 Å². The molecule has 1 aromatic rings. The van der Waals surface area contributed by atoms with Crippen LogP contribution in [0.5, 0.6) is 0 Å². The SMILES string of the molecule is CC[C@H](C)[C@H](NC(=O)[C@@H]1CCCN1C[C@H](O)[C@H](Cc1ccccc1)NC(=O)[C@H](CC(N)=O)NC(=O)[C@H](CC(C)C)NC(C)=O)C(=O)N[C@H](C(N)=O)C(C)C. The van der Waals surface area contributed by atoms with Crippen molar-refractivity contribution in [1.82, 2.24) is 31.5 Å². The van der Waals surface area contributed by atoms with Gasteiger partial charge in [0.25, 0.3) is 0 Å². The summed E-state index contributed by atoms with van der Waals surface area (Å²) in [5, 5.41) is 25.2. The smallest absolute Gasteiger partial charge is 0.243 e. The first-order chi connectivity index (χ1) is 25.3. The van der Waals surface area contributed by atoms with Gasteiger partial charge < -0.3 is 43.2 Å². The van der Waals surface area contributed by atoms with Gasteiger partial charge in [-0.05, 0) is 55.5 Å². The fourth-order valence-corrected chi connectivity index (χ4v) is 6.54. The van der Waals surface area contributed by atoms with Gasteiger partial charge in [0.1, 0.15) is 24.2 Å². The predicted octanol–water partition coefficient (Wildman–Crippen LogP) is -0.393. The molecule has 0 bridgehead atoms. The molecule has 1 heterocycles. The predicted molar refractivity (Wildman–Crippen MR) is 203 cm³/mol. The summed E-state index contributed by atoms with van der Waals surface area (Å²) < 4.78 is 0. The number of hydrogen-bond acceptors (Lipinski definition) is 9. The van der Waals surface area contributed by atoms with Crippen molar-refractivity contribution in [2.45, 2.75) is 129 Å². The number of likely N-dealkylation sites (tertiary alicyclic amines) is 1. The van der Waals surface area contributed by atoms with Crippen molar-refractivity contribution in [2.75, 3.05) is 13.1 Å². The zero-order valence-electron chi connectivity index (χ0n) is 32.7. The average molecular weight is 759 g/mol. The normalized spacial score (nSPS) is 18.4. The minimum absolute atomic E-state index is 0.0232. The lowest BCUT2D eigenvalue weighted by Crippen LogP contribution is -2.60. The van der Waals surface area contributed by atoms with E-state index in [1.165, 1.54) is 6.92 Å². The molecule has 0 saturated carbocycles. The molecule has 0 aromatic heterocycles. The molecule has 1 aliphatic rings. The second kappa shape index (κ2) is 22.0. The molecule has 1 aromatic carbocycles. The highest BCUT2D eigenvalue weighted by molar-refractivity contribution is 5.95. The molecule has 0 spiro atoms. The lowest BCUT2D eigenvalue weighted by atomic mass is 9.96. The molecular weight excluding hydrogens is 696 g/mol. The molecule has 0 unspecified atom stereocenters. The Bertz CT molecular complexity index is 1440. The van der Waals surface area contributed by atoms with Crippen LogP contribution < -0.4 is 38.1 Å². The first kappa shape index (κ1) is 45.6. The molecule has 0 aliphatic carbocycles. The van der Waals surface area contributed by atoms with Crippen LogP contribution >= 0.6 is 0 Å². The average Bonchev–Trinajstić information content (AvgIpc) is 3.55. The van der Waals surface area contributed by atoms with E-state index in [9.17, 15) is 38.7 Å². The van der Waals surface area contributed by atoms with E-state index in [2.05, 4.69) is 26.6 Å². The van der Waals surface area contributed by atoms with Gasteiger partial charge in [0.2, 0.25) is 41.4 Å².